The number of esters is 2. The molecule has 2 unspecified atom stereocenters. The Morgan fingerprint density at radius 3 is 1.16 bits per heavy atom. The lowest BCUT2D eigenvalue weighted by Gasteiger charge is -2.35. The van der Waals surface area contributed by atoms with E-state index in [1.54, 1.807) is 42.7 Å². The van der Waals surface area contributed by atoms with Crippen LogP contribution in [0.1, 0.15) is 113 Å². The standard InChI is InChI=1S/C64H86N4O14/c1-41(2)19-29-67-53-15-13-49(31-45(53)11-17-59(67)69)79-39-51(37-65-25-21-43(22-26-65)47-33-55(73-5)61(77-9)56(34-47)74-6)81-63(71)64(72)82-52(40-80-50-14-16-54-46(32-50)12-18-60(70)68(54)30-20-42(3)4)38-66-27-23-44(24-28-66)48-35-57(75-7)62(78-10)58(36-48)76-8/h13-16,31-36,41-44,51-52H,11-12,17-30,37-40H2,1-10H3. The molecule has 4 aromatic carbocycles. The van der Waals surface area contributed by atoms with Gasteiger partial charge in [-0.1, -0.05) is 27.7 Å². The first-order valence-electron chi connectivity index (χ1n) is 29.2. The Kier molecular flexibility index (Phi) is 21.5. The van der Waals surface area contributed by atoms with Crippen LogP contribution < -0.4 is 47.7 Å². The number of benzene rings is 4. The molecule has 0 aromatic heterocycles. The van der Waals surface area contributed by atoms with Crippen molar-refractivity contribution in [3.05, 3.63) is 82.9 Å². The largest absolute Gasteiger partial charge is 0.493 e. The smallest absolute Gasteiger partial charge is 0.417 e. The van der Waals surface area contributed by atoms with Gasteiger partial charge in [0.1, 0.15) is 36.9 Å². The van der Waals surface area contributed by atoms with Gasteiger partial charge in [0.25, 0.3) is 0 Å². The molecular weight excluding hydrogens is 1050 g/mol. The van der Waals surface area contributed by atoms with E-state index >= 15 is 0 Å². The molecule has 0 N–H and O–H groups in total. The normalized spacial score (nSPS) is 17.0. The number of piperidine rings is 2. The third-order valence-corrected chi connectivity index (χ3v) is 16.4. The van der Waals surface area contributed by atoms with E-state index in [0.29, 0.717) is 136 Å². The van der Waals surface area contributed by atoms with Gasteiger partial charge in [-0.3, -0.25) is 19.4 Å². The molecule has 2 amide bonds. The molecule has 2 atom stereocenters. The number of aryl methyl sites for hydroxylation is 2. The van der Waals surface area contributed by atoms with Gasteiger partial charge in [-0.05, 0) is 184 Å². The molecule has 4 aliphatic rings. The molecule has 2 saturated heterocycles. The van der Waals surface area contributed by atoms with Crippen LogP contribution in [0.2, 0.25) is 0 Å². The highest BCUT2D eigenvalue weighted by Gasteiger charge is 2.34. The molecule has 4 aromatic rings. The first-order valence-corrected chi connectivity index (χ1v) is 29.2. The van der Waals surface area contributed by atoms with Crippen molar-refractivity contribution in [2.75, 3.05) is 118 Å². The summed E-state index contributed by atoms with van der Waals surface area (Å²) in [5.74, 6) is 3.88. The Morgan fingerprint density at radius 2 is 0.841 bits per heavy atom. The van der Waals surface area contributed by atoms with Crippen molar-refractivity contribution < 1.29 is 66.5 Å². The van der Waals surface area contributed by atoms with Crippen LogP contribution in [0, 0.1) is 11.8 Å². The third kappa shape index (κ3) is 15.4. The second kappa shape index (κ2) is 28.9. The minimum absolute atomic E-state index is 0.0349. The Bertz CT molecular complexity index is 2580. The maximum absolute atomic E-state index is 14.2. The van der Waals surface area contributed by atoms with Gasteiger partial charge >= 0.3 is 11.9 Å². The van der Waals surface area contributed by atoms with E-state index < -0.39 is 24.1 Å². The van der Waals surface area contributed by atoms with E-state index in [9.17, 15) is 19.2 Å². The summed E-state index contributed by atoms with van der Waals surface area (Å²) in [5, 5.41) is 0. The van der Waals surface area contributed by atoms with Gasteiger partial charge in [0.15, 0.2) is 23.0 Å². The lowest BCUT2D eigenvalue weighted by molar-refractivity contribution is -0.176. The zero-order chi connectivity index (χ0) is 58.5. The van der Waals surface area contributed by atoms with Crippen molar-refractivity contribution in [1.29, 1.82) is 0 Å². The Morgan fingerprint density at radius 1 is 0.488 bits per heavy atom. The Balaban J connectivity index is 0.983. The summed E-state index contributed by atoms with van der Waals surface area (Å²) in [5.41, 5.74) is 5.96. The number of hydrogen-bond donors (Lipinski definition) is 0. The second-order valence-corrected chi connectivity index (χ2v) is 22.8. The van der Waals surface area contributed by atoms with Crippen LogP contribution in [0.3, 0.4) is 0 Å². The fraction of sp³-hybridized carbons (Fsp3) is 0.562. The number of ether oxygens (including phenoxy) is 10. The molecule has 2 fully saturated rings. The lowest BCUT2D eigenvalue weighted by Crippen LogP contribution is -2.45. The van der Waals surface area contributed by atoms with Gasteiger partial charge in [0, 0.05) is 50.4 Å². The Labute approximate surface area is 484 Å². The number of anilines is 2. The van der Waals surface area contributed by atoms with E-state index in [-0.39, 0.29) is 36.9 Å². The van der Waals surface area contributed by atoms with Gasteiger partial charge in [-0.25, -0.2) is 9.59 Å². The zero-order valence-corrected chi connectivity index (χ0v) is 49.9. The summed E-state index contributed by atoms with van der Waals surface area (Å²) >= 11 is 0. The van der Waals surface area contributed by atoms with Crippen LogP contribution in [-0.4, -0.2) is 154 Å². The van der Waals surface area contributed by atoms with Gasteiger partial charge in [0.05, 0.1) is 42.7 Å². The second-order valence-electron chi connectivity index (χ2n) is 22.8. The zero-order valence-electron chi connectivity index (χ0n) is 49.9. The van der Waals surface area contributed by atoms with E-state index in [4.69, 9.17) is 47.4 Å². The molecule has 4 aliphatic heterocycles. The number of hydrogen-bond acceptors (Lipinski definition) is 16. The summed E-state index contributed by atoms with van der Waals surface area (Å²) in [6.45, 7) is 13.2. The van der Waals surface area contributed by atoms with Crippen LogP contribution in [0.15, 0.2) is 60.7 Å². The SMILES string of the molecule is COc1cc(C2CCN(CC(COc3ccc4c(c3)CCC(=O)N4CCC(C)C)OC(=O)C(=O)OC(COc3ccc4c(c3)CCC(=O)N4CCC(C)C)CN3CCC(c4cc(OC)c(OC)c(OC)c4)CC3)CC2)cc(OC)c1OC. The number of fused-ring (bicyclic) bond motifs is 2. The van der Waals surface area contributed by atoms with Gasteiger partial charge in [-0.2, -0.15) is 0 Å². The molecule has 446 valence electrons. The number of amides is 2. The van der Waals surface area contributed by atoms with Crippen molar-refractivity contribution in [2.24, 2.45) is 11.8 Å². The Hall–Kier alpha value is -6.92. The lowest BCUT2D eigenvalue weighted by atomic mass is 9.89. The average Bonchev–Trinajstić information content (AvgIpc) is 3.50. The van der Waals surface area contributed by atoms with Crippen molar-refractivity contribution in [3.8, 4) is 46.0 Å². The van der Waals surface area contributed by atoms with Crippen LogP contribution in [-0.2, 0) is 41.5 Å². The van der Waals surface area contributed by atoms with E-state index in [2.05, 4.69) is 37.5 Å². The topological polar surface area (TPSA) is 174 Å². The quantitative estimate of drug-likeness (QED) is 0.0429. The summed E-state index contributed by atoms with van der Waals surface area (Å²) in [7, 11) is 9.61. The van der Waals surface area contributed by atoms with Crippen LogP contribution in [0.5, 0.6) is 46.0 Å². The predicted octanol–water partition coefficient (Wildman–Crippen LogP) is 9.43. The summed E-state index contributed by atoms with van der Waals surface area (Å²) < 4.78 is 59.0. The molecule has 0 spiro atoms. The predicted molar refractivity (Wildman–Crippen MR) is 313 cm³/mol. The summed E-state index contributed by atoms with van der Waals surface area (Å²) in [6, 6.07) is 19.5. The molecule has 18 heteroatoms. The number of carbonyl (C=O) groups is 4. The molecule has 0 bridgehead atoms. The van der Waals surface area contributed by atoms with Gasteiger partial charge in [0.2, 0.25) is 23.3 Å². The molecule has 4 heterocycles. The van der Waals surface area contributed by atoms with Crippen LogP contribution in [0.4, 0.5) is 11.4 Å². The van der Waals surface area contributed by atoms with Crippen molar-refractivity contribution in [1.82, 2.24) is 9.80 Å². The first-order chi connectivity index (χ1) is 39.6. The molecule has 8 rings (SSSR count). The number of carbonyl (C=O) groups excluding carboxylic acids is 4. The van der Waals surface area contributed by atoms with E-state index in [1.807, 2.05) is 70.5 Å². The van der Waals surface area contributed by atoms with Gasteiger partial charge < -0.3 is 57.2 Å². The molecule has 18 nitrogen and oxygen atoms in total. The van der Waals surface area contributed by atoms with Crippen molar-refractivity contribution >= 4 is 35.1 Å². The average molecular weight is 1140 g/mol. The molecular formula is C64H86N4O14. The number of methoxy groups -OCH3 is 6. The molecule has 0 saturated carbocycles. The summed E-state index contributed by atoms with van der Waals surface area (Å²) in [6.07, 6.45) is 5.29. The van der Waals surface area contributed by atoms with Crippen LogP contribution >= 0.6 is 0 Å². The fourth-order valence-corrected chi connectivity index (χ4v) is 11.7. The third-order valence-electron chi connectivity index (χ3n) is 16.4. The van der Waals surface area contributed by atoms with E-state index in [1.165, 1.54) is 0 Å². The minimum Gasteiger partial charge on any atom is -0.493 e. The monoisotopic (exact) mass is 1130 g/mol. The molecule has 0 aliphatic carbocycles. The number of nitrogens with zero attached hydrogens (tertiary/aromatic N) is 4. The van der Waals surface area contributed by atoms with Crippen molar-refractivity contribution in [2.45, 2.75) is 116 Å². The van der Waals surface area contributed by atoms with Gasteiger partial charge in [-0.15, -0.1) is 0 Å². The van der Waals surface area contributed by atoms with E-state index in [0.717, 1.165) is 72.2 Å². The maximum Gasteiger partial charge on any atom is 0.417 e. The minimum atomic E-state index is -1.13. The maximum atomic E-state index is 14.2. The number of rotatable bonds is 26. The van der Waals surface area contributed by atoms with Crippen molar-refractivity contribution in [3.63, 3.8) is 0 Å². The first kappa shape index (κ1) is 61.2. The highest BCUT2D eigenvalue weighted by Crippen LogP contribution is 2.44. The summed E-state index contributed by atoms with van der Waals surface area (Å²) in [4.78, 5) is 62.7. The highest BCUT2D eigenvalue weighted by molar-refractivity contribution is 6.29. The highest BCUT2D eigenvalue weighted by atomic mass is 16.6. The molecule has 82 heavy (non-hydrogen) atoms. The number of likely N-dealkylation sites (tertiary alicyclic amines) is 2. The molecule has 0 radical (unpaired) electrons. The fourth-order valence-electron chi connectivity index (χ4n) is 11.7. The van der Waals surface area contributed by atoms with Crippen LogP contribution in [0.25, 0.3) is 0 Å².